The van der Waals surface area contributed by atoms with Gasteiger partial charge in [0.1, 0.15) is 11.5 Å². The highest BCUT2D eigenvalue weighted by Gasteiger charge is 2.71. The largest absolute Gasteiger partial charge is 0.467 e. The topological polar surface area (TPSA) is 107 Å². The van der Waals surface area contributed by atoms with Crippen molar-refractivity contribution < 1.29 is 24.0 Å². The lowest BCUT2D eigenvalue weighted by molar-refractivity contribution is -0.384. The number of ether oxygens (including phenoxy) is 1. The molecule has 0 aromatic heterocycles. The van der Waals surface area contributed by atoms with E-state index >= 15 is 0 Å². The molecular weight excluding hydrogens is 460 g/mol. The van der Waals surface area contributed by atoms with Crippen LogP contribution >= 0.6 is 0 Å². The van der Waals surface area contributed by atoms with Gasteiger partial charge in [-0.25, -0.2) is 4.79 Å². The summed E-state index contributed by atoms with van der Waals surface area (Å²) in [4.78, 5) is 54.6. The fraction of sp³-hybridized carbons (Fsp3) is 0.179. The third kappa shape index (κ3) is 2.66. The van der Waals surface area contributed by atoms with Gasteiger partial charge in [0.15, 0.2) is 11.6 Å². The second-order valence-corrected chi connectivity index (χ2v) is 9.14. The molecule has 1 saturated heterocycles. The molecule has 8 nitrogen and oxygen atoms in total. The van der Waals surface area contributed by atoms with E-state index < -0.39 is 34.3 Å². The second kappa shape index (κ2) is 7.71. The number of hydrogen-bond donors (Lipinski definition) is 0. The highest BCUT2D eigenvalue weighted by molar-refractivity contribution is 6.32. The standard InChI is InChI=1S/C28H20N2O6/c1-36-27(33)24-23(17-10-13-18(14-11-17)30(34)35)28(25(31)19-7-3-4-8-20(19)26(28)32)22-15-12-16-6-2-5-9-21(16)29(22)24/h2-15,22-24H,1H3/t22-,23-,24-/m1/s1. The molecule has 0 N–H and O–H groups in total. The summed E-state index contributed by atoms with van der Waals surface area (Å²) in [7, 11) is 1.27. The average molecular weight is 480 g/mol. The molecule has 1 spiro atoms. The molecule has 2 aliphatic heterocycles. The maximum absolute atomic E-state index is 14.3. The van der Waals surface area contributed by atoms with Crippen LogP contribution < -0.4 is 4.90 Å². The molecule has 3 aliphatic rings. The summed E-state index contributed by atoms with van der Waals surface area (Å²) in [5.74, 6) is -2.27. The van der Waals surface area contributed by atoms with Crippen molar-refractivity contribution in [1.29, 1.82) is 0 Å². The highest BCUT2D eigenvalue weighted by atomic mass is 16.6. The summed E-state index contributed by atoms with van der Waals surface area (Å²) in [5, 5.41) is 11.3. The first-order chi connectivity index (χ1) is 17.4. The van der Waals surface area contributed by atoms with E-state index in [-0.39, 0.29) is 17.3 Å². The Morgan fingerprint density at radius 3 is 2.17 bits per heavy atom. The summed E-state index contributed by atoms with van der Waals surface area (Å²) >= 11 is 0. The number of ketones is 2. The maximum Gasteiger partial charge on any atom is 0.329 e. The first kappa shape index (κ1) is 21.9. The zero-order valence-electron chi connectivity index (χ0n) is 19.2. The normalized spacial score (nSPS) is 22.8. The van der Waals surface area contributed by atoms with Gasteiger partial charge in [0.05, 0.1) is 18.1 Å². The van der Waals surface area contributed by atoms with Crippen molar-refractivity contribution >= 4 is 35.0 Å². The smallest absolute Gasteiger partial charge is 0.329 e. The number of rotatable bonds is 3. The van der Waals surface area contributed by atoms with E-state index in [1.165, 1.54) is 31.4 Å². The minimum atomic E-state index is -1.65. The molecule has 0 radical (unpaired) electrons. The minimum absolute atomic E-state index is 0.129. The van der Waals surface area contributed by atoms with Crippen molar-refractivity contribution in [3.05, 3.63) is 111 Å². The molecule has 0 unspecified atom stereocenters. The Kier molecular flexibility index (Phi) is 4.69. The van der Waals surface area contributed by atoms with Crippen molar-refractivity contribution in [3.63, 3.8) is 0 Å². The van der Waals surface area contributed by atoms with Crippen LogP contribution in [0.5, 0.6) is 0 Å². The van der Waals surface area contributed by atoms with Gasteiger partial charge < -0.3 is 9.64 Å². The molecule has 6 rings (SSSR count). The molecule has 178 valence electrons. The van der Waals surface area contributed by atoms with Gasteiger partial charge >= 0.3 is 5.97 Å². The van der Waals surface area contributed by atoms with Gasteiger partial charge in [0.25, 0.3) is 5.69 Å². The summed E-state index contributed by atoms with van der Waals surface area (Å²) < 4.78 is 5.23. The van der Waals surface area contributed by atoms with Crippen LogP contribution in [-0.2, 0) is 9.53 Å². The summed E-state index contributed by atoms with van der Waals surface area (Å²) in [6.45, 7) is 0. The van der Waals surface area contributed by atoms with Gasteiger partial charge in [-0.05, 0) is 17.2 Å². The molecule has 8 heteroatoms. The number of non-ortho nitro benzene ring substituents is 1. The van der Waals surface area contributed by atoms with Gasteiger partial charge in [0.2, 0.25) is 0 Å². The lowest BCUT2D eigenvalue weighted by atomic mass is 9.65. The van der Waals surface area contributed by atoms with E-state index in [9.17, 15) is 24.5 Å². The number of nitro groups is 1. The Morgan fingerprint density at radius 1 is 0.944 bits per heavy atom. The monoisotopic (exact) mass is 480 g/mol. The Hall–Kier alpha value is -4.59. The fourth-order valence-corrected chi connectivity index (χ4v) is 6.19. The van der Waals surface area contributed by atoms with Crippen molar-refractivity contribution in [2.75, 3.05) is 12.0 Å². The second-order valence-electron chi connectivity index (χ2n) is 9.14. The van der Waals surface area contributed by atoms with E-state index in [2.05, 4.69) is 0 Å². The number of carbonyl (C=O) groups is 3. The number of fused-ring (bicyclic) bond motifs is 5. The van der Waals surface area contributed by atoms with Gasteiger partial charge in [-0.3, -0.25) is 19.7 Å². The Bertz CT molecular complexity index is 1460. The molecule has 1 aliphatic carbocycles. The number of benzene rings is 3. The first-order valence-corrected chi connectivity index (χ1v) is 11.5. The number of hydrogen-bond acceptors (Lipinski definition) is 7. The predicted molar refractivity (Wildman–Crippen MR) is 131 cm³/mol. The van der Waals surface area contributed by atoms with E-state index in [0.29, 0.717) is 22.4 Å². The predicted octanol–water partition coefficient (Wildman–Crippen LogP) is 4.20. The maximum atomic E-state index is 14.3. The molecule has 0 saturated carbocycles. The lowest BCUT2D eigenvalue weighted by Crippen LogP contribution is -2.48. The lowest BCUT2D eigenvalue weighted by Gasteiger charge is -2.36. The molecular formula is C28H20N2O6. The molecule has 36 heavy (non-hydrogen) atoms. The number of carbonyl (C=O) groups excluding carboxylic acids is 3. The molecule has 0 bridgehead atoms. The van der Waals surface area contributed by atoms with Crippen LogP contribution in [-0.4, -0.2) is 41.7 Å². The van der Waals surface area contributed by atoms with Crippen LogP contribution in [0.4, 0.5) is 11.4 Å². The molecule has 3 aromatic carbocycles. The molecule has 1 fully saturated rings. The number of para-hydroxylation sites is 1. The number of nitrogens with zero attached hydrogens (tertiary/aromatic N) is 2. The Labute approximate surface area is 205 Å². The first-order valence-electron chi connectivity index (χ1n) is 11.5. The number of Topliss-reactive ketones (excluding diaryl/α,β-unsaturated/α-hetero) is 2. The van der Waals surface area contributed by atoms with Crippen LogP contribution in [0.15, 0.2) is 78.9 Å². The third-order valence-corrected chi connectivity index (χ3v) is 7.62. The number of nitro benzene ring substituents is 1. The summed E-state index contributed by atoms with van der Waals surface area (Å²) in [6.07, 6.45) is 3.68. The van der Waals surface area contributed by atoms with Crippen LogP contribution in [0.2, 0.25) is 0 Å². The Morgan fingerprint density at radius 2 is 1.56 bits per heavy atom. The van der Waals surface area contributed by atoms with Crippen LogP contribution in [0.3, 0.4) is 0 Å². The fourth-order valence-electron chi connectivity index (χ4n) is 6.19. The van der Waals surface area contributed by atoms with Crippen molar-refractivity contribution in [2.45, 2.75) is 18.0 Å². The summed E-state index contributed by atoms with van der Waals surface area (Å²) in [5.41, 5.74) is 0.877. The van der Waals surface area contributed by atoms with Gasteiger partial charge in [0, 0.05) is 34.9 Å². The number of anilines is 1. The number of methoxy groups -OCH3 is 1. The van der Waals surface area contributed by atoms with Crippen LogP contribution in [0.25, 0.3) is 6.08 Å². The van der Waals surface area contributed by atoms with Crippen LogP contribution in [0, 0.1) is 15.5 Å². The molecule has 3 atom stereocenters. The number of esters is 1. The SMILES string of the molecule is COC(=O)[C@H]1[C@@H](c2ccc([N+](=O)[O-])cc2)C2(C(=O)c3ccccc3C2=O)[C@H]2C=Cc3ccccc3N12. The van der Waals surface area contributed by atoms with E-state index in [4.69, 9.17) is 4.74 Å². The van der Waals surface area contributed by atoms with Crippen molar-refractivity contribution in [2.24, 2.45) is 5.41 Å². The molecule has 0 amide bonds. The van der Waals surface area contributed by atoms with Crippen molar-refractivity contribution in [3.8, 4) is 0 Å². The van der Waals surface area contributed by atoms with Crippen molar-refractivity contribution in [1.82, 2.24) is 0 Å². The zero-order valence-corrected chi connectivity index (χ0v) is 19.2. The highest BCUT2D eigenvalue weighted by Crippen LogP contribution is 2.60. The minimum Gasteiger partial charge on any atom is -0.467 e. The van der Waals surface area contributed by atoms with Gasteiger partial charge in [-0.1, -0.05) is 66.7 Å². The van der Waals surface area contributed by atoms with E-state index in [0.717, 1.165) is 5.56 Å². The van der Waals surface area contributed by atoms with Gasteiger partial charge in [-0.2, -0.15) is 0 Å². The Balaban J connectivity index is 1.66. The summed E-state index contributed by atoms with van der Waals surface area (Å²) in [6, 6.07) is 18.1. The van der Waals surface area contributed by atoms with E-state index in [1.54, 1.807) is 24.3 Å². The zero-order chi connectivity index (χ0) is 25.2. The third-order valence-electron chi connectivity index (χ3n) is 7.62. The quantitative estimate of drug-likeness (QED) is 0.239. The van der Waals surface area contributed by atoms with Gasteiger partial charge in [-0.15, -0.1) is 0 Å². The average Bonchev–Trinajstić information content (AvgIpc) is 3.35. The molecule has 3 aromatic rings. The molecule has 2 heterocycles. The van der Waals surface area contributed by atoms with Crippen LogP contribution in [0.1, 0.15) is 37.8 Å². The van der Waals surface area contributed by atoms with E-state index in [1.807, 2.05) is 41.3 Å².